The number of rotatable bonds is 3. The number of carbonyl (C=O) groups excluding carboxylic acids is 1. The molecule has 0 radical (unpaired) electrons. The lowest BCUT2D eigenvalue weighted by Crippen LogP contribution is -2.39. The lowest BCUT2D eigenvalue weighted by atomic mass is 9.99. The number of nitrogens with zero attached hydrogens (tertiary/aromatic N) is 6. The number of pyridine rings is 1. The molecule has 31 heavy (non-hydrogen) atoms. The van der Waals surface area contributed by atoms with Crippen molar-refractivity contribution >= 4 is 29.0 Å². The van der Waals surface area contributed by atoms with Crippen molar-refractivity contribution in [3.63, 3.8) is 0 Å². The first-order valence-electron chi connectivity index (χ1n) is 10.8. The number of carbonyl (C=O) groups is 1. The second-order valence-electron chi connectivity index (χ2n) is 8.47. The quantitative estimate of drug-likeness (QED) is 0.630. The Morgan fingerprint density at radius 3 is 2.84 bits per heavy atom. The average Bonchev–Trinajstić information content (AvgIpc) is 3.38. The molecule has 0 aliphatic carbocycles. The molecule has 2 aliphatic heterocycles. The van der Waals surface area contributed by atoms with Crippen LogP contribution in [0.2, 0.25) is 5.15 Å². The molecule has 0 aromatic carbocycles. The highest BCUT2D eigenvalue weighted by Gasteiger charge is 2.31. The van der Waals surface area contributed by atoms with Crippen molar-refractivity contribution in [1.82, 2.24) is 24.5 Å². The number of hydrogen-bond donors (Lipinski definition) is 1. The van der Waals surface area contributed by atoms with Gasteiger partial charge < -0.3 is 15.5 Å². The maximum Gasteiger partial charge on any atom is 0.273 e. The summed E-state index contributed by atoms with van der Waals surface area (Å²) in [6.45, 7) is 4.47. The first-order valence-corrected chi connectivity index (χ1v) is 11.2. The number of fused-ring (bicyclic) bond motifs is 1. The highest BCUT2D eigenvalue weighted by atomic mass is 35.5. The number of hydrogen-bond acceptors (Lipinski definition) is 6. The van der Waals surface area contributed by atoms with E-state index >= 15 is 0 Å². The molecule has 2 fully saturated rings. The molecule has 0 spiro atoms. The SMILES string of the molecule is Cc1cn2nc([C@@H]3CCCCN3C(=O)c3cccc(Cl)n3)cc2nc1N1CC[C@H](N)C1. The summed E-state index contributed by atoms with van der Waals surface area (Å²) in [5.74, 6) is 0.853. The van der Waals surface area contributed by atoms with Gasteiger partial charge in [0.05, 0.1) is 11.7 Å². The first kappa shape index (κ1) is 20.2. The van der Waals surface area contributed by atoms with E-state index in [0.29, 0.717) is 17.4 Å². The van der Waals surface area contributed by atoms with Gasteiger partial charge in [0, 0.05) is 43.5 Å². The number of halogens is 1. The smallest absolute Gasteiger partial charge is 0.273 e. The fourth-order valence-corrected chi connectivity index (χ4v) is 4.80. The number of amides is 1. The Kier molecular flexibility index (Phi) is 5.27. The molecule has 5 rings (SSSR count). The number of anilines is 1. The topological polar surface area (TPSA) is 92.6 Å². The molecule has 3 aromatic heterocycles. The average molecular weight is 440 g/mol. The van der Waals surface area contributed by atoms with Crippen LogP contribution in [0, 0.1) is 6.92 Å². The molecule has 0 unspecified atom stereocenters. The van der Waals surface area contributed by atoms with Gasteiger partial charge in [-0.1, -0.05) is 17.7 Å². The van der Waals surface area contributed by atoms with Gasteiger partial charge in [-0.05, 0) is 44.7 Å². The number of nitrogens with two attached hydrogens (primary N) is 1. The zero-order chi connectivity index (χ0) is 21.5. The van der Waals surface area contributed by atoms with Gasteiger partial charge in [-0.25, -0.2) is 14.5 Å². The van der Waals surface area contributed by atoms with Crippen LogP contribution in [0.4, 0.5) is 5.82 Å². The maximum atomic E-state index is 13.2. The molecule has 2 aliphatic rings. The molecule has 8 nitrogen and oxygen atoms in total. The standard InChI is InChI=1S/C22H26ClN7O/c1-14-12-30-20(26-21(14)28-10-8-15(24)13-28)11-17(27-30)18-6-2-3-9-29(18)22(31)16-5-4-7-19(23)25-16/h4-5,7,11-12,15,18H,2-3,6,8-10,13,24H2,1H3/t15-,18-/m0/s1. The van der Waals surface area contributed by atoms with Crippen LogP contribution in [-0.2, 0) is 0 Å². The Labute approximate surface area is 186 Å². The maximum absolute atomic E-state index is 13.2. The number of aryl methyl sites for hydroxylation is 1. The highest BCUT2D eigenvalue weighted by molar-refractivity contribution is 6.29. The van der Waals surface area contributed by atoms with Crippen LogP contribution in [-0.4, -0.2) is 56.1 Å². The largest absolute Gasteiger partial charge is 0.355 e. The van der Waals surface area contributed by atoms with E-state index in [9.17, 15) is 4.79 Å². The van der Waals surface area contributed by atoms with E-state index in [4.69, 9.17) is 27.4 Å². The fraction of sp³-hybridized carbons (Fsp3) is 0.455. The van der Waals surface area contributed by atoms with E-state index in [1.807, 2.05) is 28.6 Å². The van der Waals surface area contributed by atoms with Crippen LogP contribution >= 0.6 is 11.6 Å². The summed E-state index contributed by atoms with van der Waals surface area (Å²) in [6, 6.07) is 7.23. The third-order valence-corrected chi connectivity index (χ3v) is 6.40. The molecule has 9 heteroatoms. The second-order valence-corrected chi connectivity index (χ2v) is 8.86. The van der Waals surface area contributed by atoms with Crippen molar-refractivity contribution in [3.05, 3.63) is 52.6 Å². The van der Waals surface area contributed by atoms with E-state index in [1.54, 1.807) is 18.2 Å². The zero-order valence-electron chi connectivity index (χ0n) is 17.5. The zero-order valence-corrected chi connectivity index (χ0v) is 18.3. The van der Waals surface area contributed by atoms with Gasteiger partial charge in [-0.2, -0.15) is 5.10 Å². The Morgan fingerprint density at radius 2 is 2.06 bits per heavy atom. The van der Waals surface area contributed by atoms with Gasteiger partial charge in [0.25, 0.3) is 5.91 Å². The monoisotopic (exact) mass is 439 g/mol. The minimum absolute atomic E-state index is 0.104. The van der Waals surface area contributed by atoms with Crippen LogP contribution in [0.1, 0.15) is 53.5 Å². The molecule has 3 aromatic rings. The summed E-state index contributed by atoms with van der Waals surface area (Å²) in [4.78, 5) is 26.4. The van der Waals surface area contributed by atoms with Gasteiger partial charge in [0.1, 0.15) is 16.7 Å². The van der Waals surface area contributed by atoms with Crippen LogP contribution in [0.15, 0.2) is 30.5 Å². The van der Waals surface area contributed by atoms with Crippen LogP contribution in [0.3, 0.4) is 0 Å². The van der Waals surface area contributed by atoms with Gasteiger partial charge in [0.2, 0.25) is 0 Å². The van der Waals surface area contributed by atoms with Crippen molar-refractivity contribution < 1.29 is 4.79 Å². The van der Waals surface area contributed by atoms with Gasteiger partial charge in [-0.3, -0.25) is 4.79 Å². The van der Waals surface area contributed by atoms with Gasteiger partial charge in [-0.15, -0.1) is 0 Å². The molecular formula is C22H26ClN7O. The summed E-state index contributed by atoms with van der Waals surface area (Å²) in [6.07, 6.45) is 5.87. The first-order chi connectivity index (χ1) is 15.0. The minimum atomic E-state index is -0.111. The molecular weight excluding hydrogens is 414 g/mol. The minimum Gasteiger partial charge on any atom is -0.355 e. The lowest BCUT2D eigenvalue weighted by molar-refractivity contribution is 0.0599. The van der Waals surface area contributed by atoms with Gasteiger partial charge in [0.15, 0.2) is 5.65 Å². The van der Waals surface area contributed by atoms with Gasteiger partial charge >= 0.3 is 0 Å². The predicted octanol–water partition coefficient (Wildman–Crippen LogP) is 2.99. The van der Waals surface area contributed by atoms with E-state index in [2.05, 4.69) is 9.88 Å². The third kappa shape index (κ3) is 3.85. The van der Waals surface area contributed by atoms with Crippen molar-refractivity contribution in [2.45, 2.75) is 44.7 Å². The summed E-state index contributed by atoms with van der Waals surface area (Å²) in [5.41, 5.74) is 9.17. The van der Waals surface area contributed by atoms with E-state index in [1.165, 1.54) is 0 Å². The summed E-state index contributed by atoms with van der Waals surface area (Å²) in [7, 11) is 0. The fourth-order valence-electron chi connectivity index (χ4n) is 4.64. The number of piperidine rings is 1. The predicted molar refractivity (Wildman–Crippen MR) is 119 cm³/mol. The molecule has 5 heterocycles. The Balaban J connectivity index is 1.47. The Hall–Kier alpha value is -2.71. The molecule has 2 atom stereocenters. The lowest BCUT2D eigenvalue weighted by Gasteiger charge is -2.34. The summed E-state index contributed by atoms with van der Waals surface area (Å²) >= 11 is 6.01. The Bertz CT molecular complexity index is 1130. The van der Waals surface area contributed by atoms with Crippen molar-refractivity contribution in [2.75, 3.05) is 24.5 Å². The third-order valence-electron chi connectivity index (χ3n) is 6.19. The normalized spacial score (nSPS) is 21.8. The summed E-state index contributed by atoms with van der Waals surface area (Å²) < 4.78 is 1.82. The van der Waals surface area contributed by atoms with Crippen molar-refractivity contribution in [3.8, 4) is 0 Å². The Morgan fingerprint density at radius 1 is 1.19 bits per heavy atom. The number of aromatic nitrogens is 4. The highest BCUT2D eigenvalue weighted by Crippen LogP contribution is 2.32. The number of likely N-dealkylation sites (tertiary alicyclic amines) is 1. The van der Waals surface area contributed by atoms with Crippen LogP contribution < -0.4 is 10.6 Å². The van der Waals surface area contributed by atoms with Crippen molar-refractivity contribution in [1.29, 1.82) is 0 Å². The summed E-state index contributed by atoms with van der Waals surface area (Å²) in [5, 5.41) is 5.11. The van der Waals surface area contributed by atoms with E-state index < -0.39 is 0 Å². The van der Waals surface area contributed by atoms with Crippen LogP contribution in [0.25, 0.3) is 5.65 Å². The molecule has 2 saturated heterocycles. The molecule has 162 valence electrons. The molecule has 2 N–H and O–H groups in total. The van der Waals surface area contributed by atoms with Crippen LogP contribution in [0.5, 0.6) is 0 Å². The van der Waals surface area contributed by atoms with Crippen molar-refractivity contribution in [2.24, 2.45) is 5.73 Å². The molecule has 0 saturated carbocycles. The van der Waals surface area contributed by atoms with E-state index in [0.717, 1.165) is 61.5 Å². The molecule has 1 amide bonds. The molecule has 0 bridgehead atoms. The van der Waals surface area contributed by atoms with E-state index in [-0.39, 0.29) is 18.0 Å². The second kappa shape index (κ2) is 8.09.